The summed E-state index contributed by atoms with van der Waals surface area (Å²) in [4.78, 5) is 30.4. The van der Waals surface area contributed by atoms with E-state index in [9.17, 15) is 9.59 Å². The molecule has 0 bridgehead atoms. The molecule has 0 radical (unpaired) electrons. The molecular formula is C31H35ClN2O2S. The summed E-state index contributed by atoms with van der Waals surface area (Å²) in [5, 5.41) is 3.88. The van der Waals surface area contributed by atoms with Crippen molar-refractivity contribution >= 4 is 35.2 Å². The first-order valence-corrected chi connectivity index (χ1v) is 14.4. The molecule has 4 rings (SSSR count). The number of carbonyl (C=O) groups is 2. The highest BCUT2D eigenvalue weighted by molar-refractivity contribution is 8.00. The Labute approximate surface area is 229 Å². The van der Waals surface area contributed by atoms with E-state index in [1.54, 1.807) is 4.90 Å². The highest BCUT2D eigenvalue weighted by Crippen LogP contribution is 2.24. The van der Waals surface area contributed by atoms with Crippen LogP contribution in [0, 0.1) is 6.92 Å². The molecule has 194 valence electrons. The minimum Gasteiger partial charge on any atom is -0.352 e. The maximum absolute atomic E-state index is 13.8. The lowest BCUT2D eigenvalue weighted by Gasteiger charge is -2.33. The summed E-state index contributed by atoms with van der Waals surface area (Å²) < 4.78 is 0. The lowest BCUT2D eigenvalue weighted by atomic mass is 9.94. The molecule has 0 saturated heterocycles. The number of hydrogen-bond acceptors (Lipinski definition) is 3. The van der Waals surface area contributed by atoms with Crippen molar-refractivity contribution < 1.29 is 9.59 Å². The van der Waals surface area contributed by atoms with Gasteiger partial charge < -0.3 is 10.2 Å². The SMILES string of the molecule is Cc1ccc(SCC(=O)N(Cc2ccccc2Cl)[C@@H](Cc2ccccc2)C(=O)NC2CCCCC2)cc1. The quantitative estimate of drug-likeness (QED) is 0.290. The second-order valence-electron chi connectivity index (χ2n) is 9.76. The van der Waals surface area contributed by atoms with Gasteiger partial charge in [-0.05, 0) is 49.1 Å². The van der Waals surface area contributed by atoms with Gasteiger partial charge in [0.2, 0.25) is 11.8 Å². The largest absolute Gasteiger partial charge is 0.352 e. The van der Waals surface area contributed by atoms with E-state index in [-0.39, 0.29) is 30.2 Å². The van der Waals surface area contributed by atoms with Gasteiger partial charge in [0, 0.05) is 28.9 Å². The van der Waals surface area contributed by atoms with E-state index in [4.69, 9.17) is 11.6 Å². The number of carbonyl (C=O) groups excluding carboxylic acids is 2. The normalized spacial score (nSPS) is 14.6. The summed E-state index contributed by atoms with van der Waals surface area (Å²) in [6.45, 7) is 2.33. The summed E-state index contributed by atoms with van der Waals surface area (Å²) in [6.07, 6.45) is 5.91. The number of nitrogens with zero attached hydrogens (tertiary/aromatic N) is 1. The molecule has 1 aliphatic rings. The fourth-order valence-corrected chi connectivity index (χ4v) is 5.75. The molecule has 0 unspecified atom stereocenters. The third-order valence-corrected chi connectivity index (χ3v) is 8.27. The highest BCUT2D eigenvalue weighted by atomic mass is 35.5. The van der Waals surface area contributed by atoms with Crippen molar-refractivity contribution in [3.05, 3.63) is 101 Å². The first-order valence-electron chi connectivity index (χ1n) is 13.1. The zero-order valence-corrected chi connectivity index (χ0v) is 22.9. The van der Waals surface area contributed by atoms with E-state index >= 15 is 0 Å². The molecule has 0 spiro atoms. The van der Waals surface area contributed by atoms with E-state index in [0.29, 0.717) is 11.4 Å². The molecule has 0 aromatic heterocycles. The molecule has 3 aromatic rings. The number of amides is 2. The summed E-state index contributed by atoms with van der Waals surface area (Å²) >= 11 is 8.01. The molecule has 3 aromatic carbocycles. The van der Waals surface area contributed by atoms with E-state index in [1.807, 2.05) is 85.8 Å². The summed E-state index contributed by atoms with van der Waals surface area (Å²) in [5.41, 5.74) is 3.04. The van der Waals surface area contributed by atoms with Crippen LogP contribution < -0.4 is 5.32 Å². The van der Waals surface area contributed by atoms with Gasteiger partial charge in [0.05, 0.1) is 5.75 Å². The fraction of sp³-hybridized carbons (Fsp3) is 0.355. The molecule has 0 heterocycles. The van der Waals surface area contributed by atoms with Crippen LogP contribution in [0.4, 0.5) is 0 Å². The monoisotopic (exact) mass is 534 g/mol. The zero-order valence-electron chi connectivity index (χ0n) is 21.4. The lowest BCUT2D eigenvalue weighted by Crippen LogP contribution is -2.53. The number of aryl methyl sites for hydroxylation is 1. The molecule has 4 nitrogen and oxygen atoms in total. The van der Waals surface area contributed by atoms with Crippen LogP contribution in [0.25, 0.3) is 0 Å². The Morgan fingerprint density at radius 3 is 2.32 bits per heavy atom. The van der Waals surface area contributed by atoms with Crippen LogP contribution in [0.3, 0.4) is 0 Å². The fourth-order valence-electron chi connectivity index (χ4n) is 4.77. The van der Waals surface area contributed by atoms with E-state index in [2.05, 4.69) is 5.32 Å². The Morgan fingerprint density at radius 1 is 0.946 bits per heavy atom. The first kappa shape index (κ1) is 27.3. The maximum atomic E-state index is 13.8. The number of nitrogens with one attached hydrogen (secondary N) is 1. The molecule has 37 heavy (non-hydrogen) atoms. The minimum absolute atomic E-state index is 0.0785. The van der Waals surface area contributed by atoms with Gasteiger partial charge >= 0.3 is 0 Å². The zero-order chi connectivity index (χ0) is 26.0. The number of benzene rings is 3. The molecule has 1 saturated carbocycles. The van der Waals surface area contributed by atoms with Crippen LogP contribution in [0.2, 0.25) is 5.02 Å². The number of thioether (sulfide) groups is 1. The Balaban J connectivity index is 1.61. The lowest BCUT2D eigenvalue weighted by molar-refractivity contribution is -0.139. The Morgan fingerprint density at radius 2 is 1.62 bits per heavy atom. The molecule has 1 fully saturated rings. The third-order valence-electron chi connectivity index (χ3n) is 6.90. The average Bonchev–Trinajstić information content (AvgIpc) is 2.92. The van der Waals surface area contributed by atoms with Crippen LogP contribution in [0.1, 0.15) is 48.8 Å². The van der Waals surface area contributed by atoms with Gasteiger partial charge in [0.1, 0.15) is 6.04 Å². The van der Waals surface area contributed by atoms with Crippen LogP contribution >= 0.6 is 23.4 Å². The summed E-state index contributed by atoms with van der Waals surface area (Å²) in [7, 11) is 0. The number of rotatable bonds is 10. The first-order chi connectivity index (χ1) is 18.0. The van der Waals surface area contributed by atoms with Crippen LogP contribution in [-0.2, 0) is 22.6 Å². The third kappa shape index (κ3) is 8.11. The van der Waals surface area contributed by atoms with Crippen molar-refractivity contribution in [2.24, 2.45) is 0 Å². The molecule has 1 atom stereocenters. The van der Waals surface area contributed by atoms with Gasteiger partial charge in [0.25, 0.3) is 0 Å². The van der Waals surface area contributed by atoms with Gasteiger partial charge in [-0.1, -0.05) is 97.1 Å². The van der Waals surface area contributed by atoms with Crippen molar-refractivity contribution in [3.63, 3.8) is 0 Å². The van der Waals surface area contributed by atoms with E-state index in [1.165, 1.54) is 23.7 Å². The van der Waals surface area contributed by atoms with Crippen molar-refractivity contribution in [1.82, 2.24) is 10.2 Å². The van der Waals surface area contributed by atoms with Crippen LogP contribution in [0.5, 0.6) is 0 Å². The van der Waals surface area contributed by atoms with Crippen molar-refractivity contribution in [2.75, 3.05) is 5.75 Å². The van der Waals surface area contributed by atoms with E-state index < -0.39 is 6.04 Å². The predicted molar refractivity (Wildman–Crippen MR) is 153 cm³/mol. The van der Waals surface area contributed by atoms with Gasteiger partial charge in [-0.3, -0.25) is 9.59 Å². The minimum atomic E-state index is -0.633. The molecule has 6 heteroatoms. The standard InChI is InChI=1S/C31H35ClN2O2S/c1-23-16-18-27(19-17-23)37-22-30(35)34(21-25-12-8-9-15-28(25)32)29(20-24-10-4-2-5-11-24)31(36)33-26-13-6-3-7-14-26/h2,4-5,8-12,15-19,26,29H,3,6-7,13-14,20-22H2,1H3,(H,33,36)/t29-/m0/s1. The summed E-state index contributed by atoms with van der Waals surface area (Å²) in [6, 6.07) is 25.2. The maximum Gasteiger partial charge on any atom is 0.243 e. The molecule has 1 N–H and O–H groups in total. The molecule has 2 amide bonds. The van der Waals surface area contributed by atoms with Crippen molar-refractivity contribution in [3.8, 4) is 0 Å². The molecular weight excluding hydrogens is 500 g/mol. The topological polar surface area (TPSA) is 49.4 Å². The van der Waals surface area contributed by atoms with Crippen LogP contribution in [-0.4, -0.2) is 34.6 Å². The second-order valence-corrected chi connectivity index (χ2v) is 11.2. The predicted octanol–water partition coefficient (Wildman–Crippen LogP) is 6.83. The van der Waals surface area contributed by atoms with Gasteiger partial charge in [0.15, 0.2) is 0 Å². The average molecular weight is 535 g/mol. The Bertz CT molecular complexity index is 1160. The van der Waals surface area contributed by atoms with Crippen molar-refractivity contribution in [2.45, 2.75) is 69.0 Å². The smallest absolute Gasteiger partial charge is 0.243 e. The van der Waals surface area contributed by atoms with Gasteiger partial charge in [-0.2, -0.15) is 0 Å². The van der Waals surface area contributed by atoms with E-state index in [0.717, 1.165) is 41.7 Å². The number of halogens is 1. The Kier molecular flexibility index (Phi) is 10.1. The Hall–Kier alpha value is -2.76. The molecule has 0 aliphatic heterocycles. The van der Waals surface area contributed by atoms with Crippen LogP contribution in [0.15, 0.2) is 83.8 Å². The molecule has 1 aliphatic carbocycles. The number of hydrogen-bond donors (Lipinski definition) is 1. The second kappa shape index (κ2) is 13.7. The van der Waals surface area contributed by atoms with Crippen molar-refractivity contribution in [1.29, 1.82) is 0 Å². The van der Waals surface area contributed by atoms with Gasteiger partial charge in [-0.25, -0.2) is 0 Å². The highest BCUT2D eigenvalue weighted by Gasteiger charge is 2.32. The van der Waals surface area contributed by atoms with Gasteiger partial charge in [-0.15, -0.1) is 11.8 Å². The summed E-state index contributed by atoms with van der Waals surface area (Å²) in [5.74, 6) is 0.0805.